The summed E-state index contributed by atoms with van der Waals surface area (Å²) >= 11 is 0. The Morgan fingerprint density at radius 3 is 1.81 bits per heavy atom. The number of epoxide rings is 1. The van der Waals surface area contributed by atoms with Gasteiger partial charge in [-0.3, -0.25) is 9.59 Å². The molecule has 1 fully saturated rings. The monoisotopic (exact) mass is 425 g/mol. The number of carbonyl (C=O) groups excluding carboxylic acids is 2. The van der Waals surface area contributed by atoms with Crippen molar-refractivity contribution in [2.45, 2.75) is 33.8 Å². The van der Waals surface area contributed by atoms with E-state index in [1.807, 2.05) is 53.9 Å². The zero-order valence-electron chi connectivity index (χ0n) is 19.5. The fourth-order valence-electron chi connectivity index (χ4n) is 3.34. The average molecular weight is 426 g/mol. The van der Waals surface area contributed by atoms with E-state index in [9.17, 15) is 9.59 Å². The van der Waals surface area contributed by atoms with Gasteiger partial charge in [0.05, 0.1) is 23.8 Å². The van der Waals surface area contributed by atoms with E-state index in [4.69, 9.17) is 4.74 Å². The molecule has 0 aromatic heterocycles. The molecule has 1 atom stereocenters. The van der Waals surface area contributed by atoms with Gasteiger partial charge in [-0.15, -0.1) is 0 Å². The van der Waals surface area contributed by atoms with E-state index in [-0.39, 0.29) is 17.7 Å². The molecule has 0 radical (unpaired) electrons. The van der Waals surface area contributed by atoms with E-state index < -0.39 is 0 Å². The highest BCUT2D eigenvalue weighted by atomic mass is 16.6. The number of ketones is 2. The summed E-state index contributed by atoms with van der Waals surface area (Å²) in [5, 5.41) is 6.61. The van der Waals surface area contributed by atoms with E-state index in [1.54, 1.807) is 24.3 Å². The normalized spacial score (nSPS) is 15.6. The first kappa shape index (κ1) is 24.6. The average Bonchev–Trinajstić information content (AvgIpc) is 3.63. The molecule has 168 valence electrons. The minimum absolute atomic E-state index is 0.112. The van der Waals surface area contributed by atoms with Crippen LogP contribution in [0.5, 0.6) is 0 Å². The van der Waals surface area contributed by atoms with Gasteiger partial charge < -0.3 is 20.3 Å². The largest absolute Gasteiger partial charge is 0.383 e. The van der Waals surface area contributed by atoms with Crippen LogP contribution in [0.25, 0.3) is 0 Å². The second kappa shape index (κ2) is 11.6. The number of benzene rings is 2. The third kappa shape index (κ3) is 5.71. The van der Waals surface area contributed by atoms with Crippen molar-refractivity contribution in [1.82, 2.24) is 4.90 Å². The smallest absolute Gasteiger partial charge is 0.196 e. The van der Waals surface area contributed by atoms with Gasteiger partial charge >= 0.3 is 0 Å². The molecule has 1 heterocycles. The molecule has 2 N–H and O–H groups in total. The molecular weight excluding hydrogens is 390 g/mol. The summed E-state index contributed by atoms with van der Waals surface area (Å²) in [6.45, 7) is 10.9. The van der Waals surface area contributed by atoms with Crippen molar-refractivity contribution in [2.24, 2.45) is 0 Å². The van der Waals surface area contributed by atoms with Crippen molar-refractivity contribution in [3.63, 3.8) is 0 Å². The highest BCUT2D eigenvalue weighted by Gasteiger charge is 2.34. The summed E-state index contributed by atoms with van der Waals surface area (Å²) in [5.41, 5.74) is 3.23. The lowest BCUT2D eigenvalue weighted by atomic mass is 9.82. The Morgan fingerprint density at radius 2 is 1.35 bits per heavy atom. The summed E-state index contributed by atoms with van der Waals surface area (Å²) in [7, 11) is 3.99. The van der Waals surface area contributed by atoms with E-state index >= 15 is 0 Å². The van der Waals surface area contributed by atoms with Crippen molar-refractivity contribution in [2.75, 3.05) is 51.0 Å². The van der Waals surface area contributed by atoms with Gasteiger partial charge in [0, 0.05) is 42.1 Å². The van der Waals surface area contributed by atoms with Crippen LogP contribution < -0.4 is 10.6 Å². The quantitative estimate of drug-likeness (QED) is 0.550. The molecule has 2 aromatic carbocycles. The zero-order valence-corrected chi connectivity index (χ0v) is 19.5. The molecule has 1 saturated heterocycles. The lowest BCUT2D eigenvalue weighted by molar-refractivity contribution is 0.0980. The van der Waals surface area contributed by atoms with Crippen LogP contribution in [-0.2, 0) is 4.74 Å². The third-order valence-electron chi connectivity index (χ3n) is 4.87. The number of anilines is 2. The number of rotatable bonds is 7. The maximum atomic E-state index is 13.2. The second-order valence-electron chi connectivity index (χ2n) is 7.18. The summed E-state index contributed by atoms with van der Waals surface area (Å²) in [4.78, 5) is 28.5. The predicted molar refractivity (Wildman–Crippen MR) is 128 cm³/mol. The molecular formula is C25H35N3O3. The molecule has 1 aliphatic carbocycles. The zero-order chi connectivity index (χ0) is 23.0. The first-order valence-corrected chi connectivity index (χ1v) is 11.2. The minimum atomic E-state index is -0.115. The molecule has 6 heteroatoms. The van der Waals surface area contributed by atoms with Crippen LogP contribution in [-0.4, -0.2) is 62.9 Å². The number of fused-ring (bicyclic) bond motifs is 2. The van der Waals surface area contributed by atoms with Gasteiger partial charge in [-0.2, -0.15) is 0 Å². The van der Waals surface area contributed by atoms with Gasteiger partial charge in [0.2, 0.25) is 0 Å². The number of ether oxygens (including phenoxy) is 1. The standard InChI is InChI=1S/C21H23N3O3.2C2H6/c1-24(2)10-9-22-16-7-8-17(23-11-13-12-27-13)19-18(16)20(25)14-5-3-4-6-15(14)21(19)26;2*1-2/h3-8,13,22-23H,9-12H2,1-2H3;2*1-2H3. The SMILES string of the molecule is CC.CC.CN(C)CCNc1ccc(NCC2CO2)c2c1C(=O)c1ccccc1C2=O. The van der Waals surface area contributed by atoms with Crippen molar-refractivity contribution in [3.8, 4) is 0 Å². The summed E-state index contributed by atoms with van der Waals surface area (Å²) < 4.78 is 5.25. The van der Waals surface area contributed by atoms with Gasteiger partial charge in [-0.25, -0.2) is 0 Å². The molecule has 2 aliphatic rings. The summed E-state index contributed by atoms with van der Waals surface area (Å²) in [5.74, 6) is -0.227. The fraction of sp³-hybridized carbons (Fsp3) is 0.440. The molecule has 1 aliphatic heterocycles. The Hall–Kier alpha value is -2.70. The van der Waals surface area contributed by atoms with Crippen LogP contribution in [0.2, 0.25) is 0 Å². The van der Waals surface area contributed by atoms with Gasteiger partial charge in [-0.1, -0.05) is 52.0 Å². The van der Waals surface area contributed by atoms with Gasteiger partial charge in [0.25, 0.3) is 0 Å². The lowest BCUT2D eigenvalue weighted by Gasteiger charge is -2.24. The van der Waals surface area contributed by atoms with E-state index in [0.717, 1.165) is 13.2 Å². The minimum Gasteiger partial charge on any atom is -0.383 e. The van der Waals surface area contributed by atoms with Crippen molar-refractivity contribution < 1.29 is 14.3 Å². The number of nitrogens with one attached hydrogen (secondary N) is 2. The van der Waals surface area contributed by atoms with Crippen LogP contribution >= 0.6 is 0 Å². The number of likely N-dealkylation sites (N-methyl/N-ethyl adjacent to an activating group) is 1. The van der Waals surface area contributed by atoms with Crippen molar-refractivity contribution in [3.05, 3.63) is 58.7 Å². The number of nitrogens with zero attached hydrogens (tertiary/aromatic N) is 1. The lowest BCUT2D eigenvalue weighted by Crippen LogP contribution is -2.26. The molecule has 0 spiro atoms. The molecule has 31 heavy (non-hydrogen) atoms. The van der Waals surface area contributed by atoms with Crippen LogP contribution in [0, 0.1) is 0 Å². The van der Waals surface area contributed by atoms with Gasteiger partial charge in [-0.05, 0) is 26.2 Å². The molecule has 1 unspecified atom stereocenters. The molecule has 0 bridgehead atoms. The molecule has 2 aromatic rings. The van der Waals surface area contributed by atoms with Crippen molar-refractivity contribution in [1.29, 1.82) is 0 Å². The predicted octanol–water partition coefficient (Wildman–Crippen LogP) is 4.30. The first-order chi connectivity index (χ1) is 15.1. The third-order valence-corrected chi connectivity index (χ3v) is 4.87. The molecule has 0 saturated carbocycles. The second-order valence-corrected chi connectivity index (χ2v) is 7.18. The van der Waals surface area contributed by atoms with Crippen LogP contribution in [0.15, 0.2) is 36.4 Å². The van der Waals surface area contributed by atoms with Gasteiger partial charge in [0.1, 0.15) is 0 Å². The topological polar surface area (TPSA) is 74.0 Å². The summed E-state index contributed by atoms with van der Waals surface area (Å²) in [6.07, 6.45) is 0.181. The van der Waals surface area contributed by atoms with Crippen molar-refractivity contribution >= 4 is 22.9 Å². The Labute approximate surface area is 186 Å². The molecule has 6 nitrogen and oxygen atoms in total. The van der Waals surface area contributed by atoms with E-state index in [2.05, 4.69) is 15.5 Å². The Balaban J connectivity index is 0.000000807. The maximum absolute atomic E-state index is 13.2. The Bertz CT molecular complexity index is 905. The van der Waals surface area contributed by atoms with E-state index in [1.165, 1.54) is 0 Å². The highest BCUT2D eigenvalue weighted by Crippen LogP contribution is 2.36. The van der Waals surface area contributed by atoms with Crippen LogP contribution in [0.4, 0.5) is 11.4 Å². The molecule has 4 rings (SSSR count). The van der Waals surface area contributed by atoms with Crippen LogP contribution in [0.3, 0.4) is 0 Å². The van der Waals surface area contributed by atoms with E-state index in [0.29, 0.717) is 46.7 Å². The first-order valence-electron chi connectivity index (χ1n) is 11.2. The Kier molecular flexibility index (Phi) is 9.21. The number of hydrogen-bond acceptors (Lipinski definition) is 6. The Morgan fingerprint density at radius 1 is 0.871 bits per heavy atom. The fourth-order valence-corrected chi connectivity index (χ4v) is 3.34. The number of hydrogen-bond donors (Lipinski definition) is 2. The number of carbonyl (C=O) groups is 2. The maximum Gasteiger partial charge on any atom is 0.196 e. The van der Waals surface area contributed by atoms with Crippen LogP contribution in [0.1, 0.15) is 59.5 Å². The summed E-state index contributed by atoms with van der Waals surface area (Å²) in [6, 6.07) is 10.8. The van der Waals surface area contributed by atoms with Gasteiger partial charge in [0.15, 0.2) is 11.6 Å². The highest BCUT2D eigenvalue weighted by molar-refractivity contribution is 6.31. The molecule has 0 amide bonds.